The zero-order valence-corrected chi connectivity index (χ0v) is 16.5. The molecule has 0 fully saturated rings. The van der Waals surface area contributed by atoms with Crippen molar-refractivity contribution in [3.05, 3.63) is 22.3 Å². The minimum atomic E-state index is -1.12. The molecule has 0 aliphatic carbocycles. The lowest BCUT2D eigenvalue weighted by Gasteiger charge is -2.36. The second-order valence-corrected chi connectivity index (χ2v) is 8.21. The highest BCUT2D eigenvalue weighted by molar-refractivity contribution is 9.09. The summed E-state index contributed by atoms with van der Waals surface area (Å²) in [5.74, 6) is 0.0609. The van der Waals surface area contributed by atoms with Gasteiger partial charge in [0.2, 0.25) is 0 Å². The Labute approximate surface area is 150 Å². The molecule has 0 aliphatic rings. The monoisotopic (exact) mass is 404 g/mol. The van der Waals surface area contributed by atoms with Crippen LogP contribution in [0.4, 0.5) is 10.6 Å². The van der Waals surface area contributed by atoms with E-state index in [0.717, 1.165) is 0 Å². The number of pyridine rings is 1. The van der Waals surface area contributed by atoms with Gasteiger partial charge in [-0.05, 0) is 32.3 Å². The predicted octanol–water partition coefficient (Wildman–Crippen LogP) is 4.89. The van der Waals surface area contributed by atoms with Crippen LogP contribution in [-0.2, 0) is 5.41 Å². The van der Waals surface area contributed by atoms with Crippen LogP contribution in [0.1, 0.15) is 57.5 Å². The summed E-state index contributed by atoms with van der Waals surface area (Å²) in [6.45, 7) is 11.1. The lowest BCUT2D eigenvalue weighted by Crippen LogP contribution is -2.46. The molecule has 0 saturated heterocycles. The van der Waals surface area contributed by atoms with Crippen molar-refractivity contribution in [3.8, 4) is 0 Å². The number of halogens is 2. The van der Waals surface area contributed by atoms with Crippen LogP contribution >= 0.6 is 27.5 Å². The molecule has 5 nitrogen and oxygen atoms in total. The number of hydrogen-bond acceptors (Lipinski definition) is 3. The van der Waals surface area contributed by atoms with Crippen molar-refractivity contribution >= 4 is 45.2 Å². The standard InChI is InChI=1S/C16H22BrClN2O3/c1-15(2,3)10-7-9(11(21)8-17)12(18)19-13(10)20(14(22)23)16(4,5)6/h7H,8H2,1-6H3,(H,22,23). The highest BCUT2D eigenvalue weighted by Crippen LogP contribution is 2.36. The van der Waals surface area contributed by atoms with Crippen molar-refractivity contribution in [1.82, 2.24) is 4.98 Å². The van der Waals surface area contributed by atoms with Gasteiger partial charge in [-0.15, -0.1) is 0 Å². The van der Waals surface area contributed by atoms with E-state index in [1.165, 1.54) is 4.90 Å². The van der Waals surface area contributed by atoms with Crippen LogP contribution in [0.25, 0.3) is 0 Å². The van der Waals surface area contributed by atoms with Gasteiger partial charge in [0.05, 0.1) is 10.9 Å². The van der Waals surface area contributed by atoms with Crippen molar-refractivity contribution in [2.75, 3.05) is 10.2 Å². The maximum absolute atomic E-state index is 12.0. The Bertz CT molecular complexity index is 633. The highest BCUT2D eigenvalue weighted by atomic mass is 79.9. The van der Waals surface area contributed by atoms with Crippen LogP contribution in [0.3, 0.4) is 0 Å². The van der Waals surface area contributed by atoms with E-state index in [1.54, 1.807) is 26.8 Å². The zero-order valence-electron chi connectivity index (χ0n) is 14.2. The van der Waals surface area contributed by atoms with Gasteiger partial charge in [-0.1, -0.05) is 48.3 Å². The average Bonchev–Trinajstić information content (AvgIpc) is 2.34. The number of rotatable bonds is 3. The fraction of sp³-hybridized carbons (Fsp3) is 0.562. The zero-order chi connectivity index (χ0) is 18.2. The number of carbonyl (C=O) groups excluding carboxylic acids is 1. The maximum Gasteiger partial charge on any atom is 0.413 e. The summed E-state index contributed by atoms with van der Waals surface area (Å²) in [5.41, 5.74) is -0.170. The molecular formula is C16H22BrClN2O3. The molecular weight excluding hydrogens is 384 g/mol. The molecule has 0 radical (unpaired) electrons. The number of nitrogens with zero attached hydrogens (tertiary/aromatic N) is 2. The number of hydrogen-bond donors (Lipinski definition) is 1. The first-order valence-corrected chi connectivity index (χ1v) is 8.64. The van der Waals surface area contributed by atoms with Gasteiger partial charge in [0.15, 0.2) is 5.78 Å². The van der Waals surface area contributed by atoms with E-state index in [9.17, 15) is 14.7 Å². The molecule has 0 unspecified atom stereocenters. The molecule has 1 heterocycles. The van der Waals surface area contributed by atoms with Gasteiger partial charge in [-0.2, -0.15) is 0 Å². The molecule has 128 valence electrons. The van der Waals surface area contributed by atoms with E-state index < -0.39 is 17.0 Å². The van der Waals surface area contributed by atoms with Crippen LogP contribution in [0.15, 0.2) is 6.07 Å². The molecule has 1 aromatic heterocycles. The smallest absolute Gasteiger partial charge is 0.413 e. The van der Waals surface area contributed by atoms with Gasteiger partial charge in [0.25, 0.3) is 0 Å². The van der Waals surface area contributed by atoms with Crippen molar-refractivity contribution < 1.29 is 14.7 Å². The Morgan fingerprint density at radius 3 is 2.13 bits per heavy atom. The van der Waals surface area contributed by atoms with Crippen molar-refractivity contribution in [2.45, 2.75) is 52.5 Å². The summed E-state index contributed by atoms with van der Waals surface area (Å²) in [4.78, 5) is 29.3. The topological polar surface area (TPSA) is 70.5 Å². The third-order valence-electron chi connectivity index (χ3n) is 3.26. The third-order valence-corrected chi connectivity index (χ3v) is 4.06. The van der Waals surface area contributed by atoms with Gasteiger partial charge in [-0.3, -0.25) is 9.69 Å². The average molecular weight is 406 g/mol. The first-order chi connectivity index (χ1) is 10.3. The molecule has 1 amide bonds. The molecule has 0 bridgehead atoms. The first kappa shape index (κ1) is 19.9. The maximum atomic E-state index is 12.0. The number of aromatic nitrogens is 1. The molecule has 1 rings (SSSR count). The number of carboxylic acid groups (broad SMARTS) is 1. The summed E-state index contributed by atoms with van der Waals surface area (Å²) >= 11 is 9.27. The number of anilines is 1. The number of alkyl halides is 1. The molecule has 1 aromatic rings. The van der Waals surface area contributed by atoms with E-state index in [2.05, 4.69) is 20.9 Å². The summed E-state index contributed by atoms with van der Waals surface area (Å²) in [6, 6.07) is 1.65. The Kier molecular flexibility index (Phi) is 5.86. The van der Waals surface area contributed by atoms with Gasteiger partial charge in [-0.25, -0.2) is 9.78 Å². The Balaban J connectivity index is 3.75. The molecule has 0 spiro atoms. The second-order valence-electron chi connectivity index (χ2n) is 7.29. The summed E-state index contributed by atoms with van der Waals surface area (Å²) in [5, 5.41) is 9.77. The Morgan fingerprint density at radius 1 is 1.26 bits per heavy atom. The van der Waals surface area contributed by atoms with Gasteiger partial charge >= 0.3 is 6.09 Å². The molecule has 1 N–H and O–H groups in total. The van der Waals surface area contributed by atoms with Crippen molar-refractivity contribution in [1.29, 1.82) is 0 Å². The van der Waals surface area contributed by atoms with Gasteiger partial charge in [0.1, 0.15) is 11.0 Å². The molecule has 7 heteroatoms. The van der Waals surface area contributed by atoms with E-state index in [1.807, 2.05) is 20.8 Å². The Hall–Kier alpha value is -1.14. The first-order valence-electron chi connectivity index (χ1n) is 7.14. The van der Waals surface area contributed by atoms with Crippen LogP contribution in [-0.4, -0.2) is 32.8 Å². The fourth-order valence-corrected chi connectivity index (χ4v) is 2.71. The second kappa shape index (κ2) is 6.77. The predicted molar refractivity (Wildman–Crippen MR) is 96.3 cm³/mol. The minimum Gasteiger partial charge on any atom is -0.465 e. The van der Waals surface area contributed by atoms with E-state index in [0.29, 0.717) is 5.56 Å². The Morgan fingerprint density at radius 2 is 1.78 bits per heavy atom. The lowest BCUT2D eigenvalue weighted by molar-refractivity contribution is 0.102. The number of ketones is 1. The molecule has 0 aromatic carbocycles. The van der Waals surface area contributed by atoms with Gasteiger partial charge < -0.3 is 5.11 Å². The lowest BCUT2D eigenvalue weighted by atomic mass is 9.85. The molecule has 23 heavy (non-hydrogen) atoms. The number of amides is 1. The van der Waals surface area contributed by atoms with Gasteiger partial charge in [0, 0.05) is 11.1 Å². The summed E-state index contributed by atoms with van der Waals surface area (Å²) in [7, 11) is 0. The van der Waals surface area contributed by atoms with E-state index in [-0.39, 0.29) is 27.6 Å². The normalized spacial score (nSPS) is 12.2. The highest BCUT2D eigenvalue weighted by Gasteiger charge is 2.34. The minimum absolute atomic E-state index is 0.00736. The largest absolute Gasteiger partial charge is 0.465 e. The molecule has 0 saturated carbocycles. The summed E-state index contributed by atoms with van der Waals surface area (Å²) < 4.78 is 0. The SMILES string of the molecule is CC(C)(C)c1cc(C(=O)CBr)c(Cl)nc1N(C(=O)O)C(C)(C)C. The van der Waals surface area contributed by atoms with Crippen LogP contribution in [0, 0.1) is 0 Å². The summed E-state index contributed by atoms with van der Waals surface area (Å²) in [6.07, 6.45) is -1.12. The third kappa shape index (κ3) is 4.44. The molecule has 0 aliphatic heterocycles. The quantitative estimate of drug-likeness (QED) is 0.441. The van der Waals surface area contributed by atoms with Crippen molar-refractivity contribution in [3.63, 3.8) is 0 Å². The number of Topliss-reactive ketones (excluding diaryl/α,β-unsaturated/α-hetero) is 1. The van der Waals surface area contributed by atoms with Crippen molar-refractivity contribution in [2.24, 2.45) is 0 Å². The fourth-order valence-electron chi connectivity index (χ4n) is 2.17. The van der Waals surface area contributed by atoms with Crippen LogP contribution < -0.4 is 4.90 Å². The van der Waals surface area contributed by atoms with Crippen LogP contribution in [0.5, 0.6) is 0 Å². The van der Waals surface area contributed by atoms with Crippen LogP contribution in [0.2, 0.25) is 5.15 Å². The van der Waals surface area contributed by atoms with E-state index >= 15 is 0 Å². The molecule has 0 atom stereocenters. The number of carbonyl (C=O) groups is 2. The van der Waals surface area contributed by atoms with E-state index in [4.69, 9.17) is 11.6 Å².